The Kier molecular flexibility index (Phi) is 10.9. The fraction of sp³-hybridized carbons (Fsp3) is 0.464. The number of methoxy groups -OCH3 is 1. The van der Waals surface area contributed by atoms with Crippen LogP contribution in [0.5, 0.6) is 5.75 Å². The maximum atomic E-state index is 13.8. The molecule has 0 radical (unpaired) electrons. The highest BCUT2D eigenvalue weighted by atomic mass is 32.1. The van der Waals surface area contributed by atoms with Gasteiger partial charge in [0.15, 0.2) is 0 Å². The van der Waals surface area contributed by atoms with E-state index in [1.807, 2.05) is 39.0 Å². The molecular weight excluding hydrogens is 490 g/mol. The predicted octanol–water partition coefficient (Wildman–Crippen LogP) is 5.05. The molecule has 2 rings (SSSR count). The Hall–Kier alpha value is -3.20. The molecule has 2 N–H and O–H groups in total. The van der Waals surface area contributed by atoms with Gasteiger partial charge in [-0.2, -0.15) is 12.6 Å². The maximum Gasteiger partial charge on any atom is 0.408 e. The largest absolute Gasteiger partial charge is 0.497 e. The van der Waals surface area contributed by atoms with Crippen molar-refractivity contribution in [1.29, 1.82) is 0 Å². The molecule has 0 bridgehead atoms. The predicted molar refractivity (Wildman–Crippen MR) is 149 cm³/mol. The summed E-state index contributed by atoms with van der Waals surface area (Å²) in [6, 6.07) is 10.9. The van der Waals surface area contributed by atoms with Gasteiger partial charge in [0.1, 0.15) is 23.4 Å². The Balaban J connectivity index is 2.48. The van der Waals surface area contributed by atoms with Crippen LogP contribution in [0.4, 0.5) is 10.5 Å². The number of rotatable bonds is 10. The van der Waals surface area contributed by atoms with Gasteiger partial charge in [-0.3, -0.25) is 9.59 Å². The van der Waals surface area contributed by atoms with Crippen molar-refractivity contribution in [3.63, 3.8) is 0 Å². The summed E-state index contributed by atoms with van der Waals surface area (Å²) in [6.07, 6.45) is -0.114. The van der Waals surface area contributed by atoms with Gasteiger partial charge in [-0.25, -0.2) is 4.79 Å². The molecule has 0 saturated carbocycles. The Morgan fingerprint density at radius 1 is 1.05 bits per heavy atom. The quantitative estimate of drug-likeness (QED) is 0.374. The summed E-state index contributed by atoms with van der Waals surface area (Å²) in [5.74, 6) is -0.0798. The molecule has 2 aromatic rings. The third-order valence-corrected chi connectivity index (χ3v) is 5.93. The summed E-state index contributed by atoms with van der Waals surface area (Å²) >= 11 is 4.32. The van der Waals surface area contributed by atoms with Gasteiger partial charge in [-0.05, 0) is 76.4 Å². The van der Waals surface area contributed by atoms with E-state index >= 15 is 0 Å². The average molecular weight is 530 g/mol. The lowest BCUT2D eigenvalue weighted by Crippen LogP contribution is -2.53. The van der Waals surface area contributed by atoms with Crippen molar-refractivity contribution in [3.05, 3.63) is 59.2 Å². The van der Waals surface area contributed by atoms with E-state index in [0.29, 0.717) is 30.0 Å². The molecule has 0 aliphatic heterocycles. The first kappa shape index (κ1) is 30.0. The van der Waals surface area contributed by atoms with Gasteiger partial charge >= 0.3 is 6.09 Å². The number of nitrogens with zero attached hydrogens (tertiary/aromatic N) is 1. The van der Waals surface area contributed by atoms with Crippen LogP contribution in [0.25, 0.3) is 0 Å². The highest BCUT2D eigenvalue weighted by Crippen LogP contribution is 2.28. The topological polar surface area (TPSA) is 97.0 Å². The van der Waals surface area contributed by atoms with E-state index in [-0.39, 0.29) is 11.7 Å². The molecule has 0 heterocycles. The summed E-state index contributed by atoms with van der Waals surface area (Å²) in [5, 5.41) is 5.56. The van der Waals surface area contributed by atoms with E-state index in [1.54, 1.807) is 52.1 Å². The first-order chi connectivity index (χ1) is 17.4. The Labute approximate surface area is 225 Å². The molecule has 0 aromatic heterocycles. The van der Waals surface area contributed by atoms with Crippen LogP contribution in [0.1, 0.15) is 56.8 Å². The molecule has 37 heavy (non-hydrogen) atoms. The second kappa shape index (κ2) is 13.4. The van der Waals surface area contributed by atoms with E-state index in [2.05, 4.69) is 23.3 Å². The lowest BCUT2D eigenvalue weighted by atomic mass is 9.96. The van der Waals surface area contributed by atoms with E-state index in [4.69, 9.17) is 9.47 Å². The van der Waals surface area contributed by atoms with Gasteiger partial charge in [0, 0.05) is 18.0 Å². The monoisotopic (exact) mass is 529 g/mol. The number of ether oxygens (including phenoxy) is 2. The van der Waals surface area contributed by atoms with E-state index < -0.39 is 29.7 Å². The second-order valence-corrected chi connectivity index (χ2v) is 10.3. The molecule has 0 fully saturated rings. The SMILES string of the molecule is CCCN(C(=O)C(CS)NC(=O)OC(C)(C)C)C(C(=O)Nc1ccc(OC)cc1)c1cc(C)ccc1C. The minimum absolute atomic E-state index is 0.0396. The number of alkyl carbamates (subject to hydrolysis) is 1. The molecule has 8 nitrogen and oxygen atoms in total. The molecule has 2 aromatic carbocycles. The van der Waals surface area contributed by atoms with Crippen LogP contribution in [0.2, 0.25) is 0 Å². The lowest BCUT2D eigenvalue weighted by Gasteiger charge is -2.34. The number of anilines is 1. The summed E-state index contributed by atoms with van der Waals surface area (Å²) < 4.78 is 10.5. The zero-order chi connectivity index (χ0) is 27.8. The van der Waals surface area contributed by atoms with Crippen molar-refractivity contribution >= 4 is 36.2 Å². The molecule has 0 aliphatic carbocycles. The van der Waals surface area contributed by atoms with E-state index in [1.165, 1.54) is 4.90 Å². The Morgan fingerprint density at radius 3 is 2.24 bits per heavy atom. The fourth-order valence-electron chi connectivity index (χ4n) is 3.83. The highest BCUT2D eigenvalue weighted by Gasteiger charge is 2.36. The molecule has 202 valence electrons. The summed E-state index contributed by atoms with van der Waals surface area (Å²) in [7, 11) is 1.57. The number of nitrogens with one attached hydrogen (secondary N) is 2. The van der Waals surface area contributed by atoms with Gasteiger partial charge in [-0.15, -0.1) is 0 Å². The molecular formula is C28H39N3O5S. The molecule has 9 heteroatoms. The highest BCUT2D eigenvalue weighted by molar-refractivity contribution is 7.80. The average Bonchev–Trinajstić information content (AvgIpc) is 2.83. The van der Waals surface area contributed by atoms with Gasteiger partial charge in [0.2, 0.25) is 5.91 Å². The minimum atomic E-state index is -0.980. The molecule has 3 amide bonds. The Bertz CT molecular complexity index is 1080. The summed E-state index contributed by atoms with van der Waals surface area (Å²) in [4.78, 5) is 41.6. The van der Waals surface area contributed by atoms with Gasteiger partial charge in [-0.1, -0.05) is 30.7 Å². The van der Waals surface area contributed by atoms with Crippen molar-refractivity contribution < 1.29 is 23.9 Å². The van der Waals surface area contributed by atoms with Gasteiger partial charge < -0.3 is 25.0 Å². The summed E-state index contributed by atoms with van der Waals surface area (Å²) in [6.45, 7) is 11.3. The first-order valence-electron chi connectivity index (χ1n) is 12.3. The zero-order valence-electron chi connectivity index (χ0n) is 22.8. The van der Waals surface area contributed by atoms with Crippen molar-refractivity contribution in [2.24, 2.45) is 0 Å². The van der Waals surface area contributed by atoms with Crippen molar-refractivity contribution in [2.75, 3.05) is 24.7 Å². The molecule has 0 spiro atoms. The summed E-state index contributed by atoms with van der Waals surface area (Å²) in [5.41, 5.74) is 2.39. The smallest absolute Gasteiger partial charge is 0.408 e. The number of amides is 3. The number of thiol groups is 1. The van der Waals surface area contributed by atoms with E-state index in [0.717, 1.165) is 11.1 Å². The van der Waals surface area contributed by atoms with Crippen LogP contribution >= 0.6 is 12.6 Å². The molecule has 0 aliphatic rings. The number of benzene rings is 2. The van der Waals surface area contributed by atoms with Crippen LogP contribution in [0, 0.1) is 13.8 Å². The third-order valence-electron chi connectivity index (χ3n) is 5.57. The normalized spacial score (nSPS) is 12.8. The number of aryl methyl sites for hydroxylation is 2. The minimum Gasteiger partial charge on any atom is -0.497 e. The third kappa shape index (κ3) is 8.70. The Morgan fingerprint density at radius 2 is 1.70 bits per heavy atom. The fourth-order valence-corrected chi connectivity index (χ4v) is 4.08. The molecule has 2 atom stereocenters. The molecule has 2 unspecified atom stereocenters. The lowest BCUT2D eigenvalue weighted by molar-refractivity contribution is -0.140. The number of carbonyl (C=O) groups excluding carboxylic acids is 3. The van der Waals surface area contributed by atoms with Crippen molar-refractivity contribution in [3.8, 4) is 5.75 Å². The standard InChI is InChI=1S/C28H39N3O5S/c1-8-15-31(26(33)23(17-37)30-27(34)36-28(4,5)6)24(22-16-18(2)9-10-19(22)3)25(32)29-20-11-13-21(35-7)14-12-20/h9-14,16,23-24,37H,8,15,17H2,1-7H3,(H,29,32)(H,30,34). The molecule has 0 saturated heterocycles. The van der Waals surface area contributed by atoms with Crippen molar-refractivity contribution in [2.45, 2.75) is 65.6 Å². The van der Waals surface area contributed by atoms with Crippen LogP contribution in [-0.4, -0.2) is 53.9 Å². The first-order valence-corrected chi connectivity index (χ1v) is 13.0. The van der Waals surface area contributed by atoms with E-state index in [9.17, 15) is 14.4 Å². The van der Waals surface area contributed by atoms with Gasteiger partial charge in [0.05, 0.1) is 7.11 Å². The zero-order valence-corrected chi connectivity index (χ0v) is 23.6. The number of hydrogen-bond donors (Lipinski definition) is 3. The van der Waals surface area contributed by atoms with Crippen LogP contribution in [0.3, 0.4) is 0 Å². The number of hydrogen-bond acceptors (Lipinski definition) is 6. The maximum absolute atomic E-state index is 13.8. The van der Waals surface area contributed by atoms with Crippen molar-refractivity contribution in [1.82, 2.24) is 10.2 Å². The van der Waals surface area contributed by atoms with Crippen LogP contribution in [0.15, 0.2) is 42.5 Å². The van der Waals surface area contributed by atoms with Crippen LogP contribution < -0.4 is 15.4 Å². The number of carbonyl (C=O) groups is 3. The second-order valence-electron chi connectivity index (χ2n) is 9.89. The van der Waals surface area contributed by atoms with Gasteiger partial charge in [0.25, 0.3) is 5.91 Å². The van der Waals surface area contributed by atoms with Crippen LogP contribution in [-0.2, 0) is 14.3 Å².